The van der Waals surface area contributed by atoms with Gasteiger partial charge in [0.25, 0.3) is 6.71 Å². The zero-order valence-corrected chi connectivity index (χ0v) is 34.6. The first-order valence-electron chi connectivity index (χ1n) is 18.9. The Morgan fingerprint density at radius 3 is 1.14 bits per heavy atom. The molecule has 0 amide bonds. The van der Waals surface area contributed by atoms with Crippen molar-refractivity contribution < 1.29 is 65.9 Å². The quantitative estimate of drug-likeness (QED) is 0.0272. The van der Waals surface area contributed by atoms with Gasteiger partial charge in [-0.1, -0.05) is 87.6 Å². The van der Waals surface area contributed by atoms with Crippen LogP contribution >= 0.6 is 0 Å². The van der Waals surface area contributed by atoms with Gasteiger partial charge in [0.05, 0.1) is 0 Å². The Kier molecular flexibility index (Phi) is 16.0. The van der Waals surface area contributed by atoms with E-state index in [0.29, 0.717) is 0 Å². The molecule has 0 heterocycles. The molecule has 0 N–H and O–H groups in total. The minimum absolute atomic E-state index is 0.167. The summed E-state index contributed by atoms with van der Waals surface area (Å²) < 4.78 is 232. The van der Waals surface area contributed by atoms with E-state index in [1.807, 2.05) is 20.8 Å². The monoisotopic (exact) mass is 908 g/mol. The molecule has 0 spiro atoms. The van der Waals surface area contributed by atoms with Crippen molar-refractivity contribution in [2.45, 2.75) is 66.1 Å². The summed E-state index contributed by atoms with van der Waals surface area (Å²) in [4.78, 5) is 4.63. The highest BCUT2D eigenvalue weighted by Crippen LogP contribution is 2.39. The van der Waals surface area contributed by atoms with Crippen LogP contribution in [0, 0.1) is 106 Å². The van der Waals surface area contributed by atoms with E-state index >= 15 is 52.7 Å². The van der Waals surface area contributed by atoms with Gasteiger partial charge in [-0.3, -0.25) is 0 Å². The highest BCUT2D eigenvalue weighted by Gasteiger charge is 2.47. The van der Waals surface area contributed by atoms with Gasteiger partial charge in [0, 0.05) is 42.8 Å². The molecule has 0 unspecified atom stereocenters. The Labute approximate surface area is 359 Å². The molecule has 334 valence electrons. The van der Waals surface area contributed by atoms with Crippen molar-refractivity contribution in [2.24, 2.45) is 0 Å². The minimum Gasteiger partial charge on any atom is -0.323 e. The lowest BCUT2D eigenvalue weighted by molar-refractivity contribution is 0.311. The largest absolute Gasteiger partial charge is 0.346 e. The third-order valence-corrected chi connectivity index (χ3v) is 9.43. The maximum Gasteiger partial charge on any atom is 0.346 e. The van der Waals surface area contributed by atoms with Crippen molar-refractivity contribution >= 4 is 35.4 Å². The molecule has 0 aliphatic carbocycles. The molecule has 0 saturated heterocycles. The summed E-state index contributed by atoms with van der Waals surface area (Å²) in [7, 11) is 0. The molecule has 0 aliphatic rings. The number of hydrogen-bond acceptors (Lipinski definition) is 1. The molecule has 0 saturated carbocycles. The van der Waals surface area contributed by atoms with Crippen LogP contribution in [0.4, 0.5) is 65.9 Å². The molecule has 19 heteroatoms. The van der Waals surface area contributed by atoms with Gasteiger partial charge in [-0.2, -0.15) is 0 Å². The summed E-state index contributed by atoms with van der Waals surface area (Å²) in [6.45, 7) is 12.4. The van der Waals surface area contributed by atoms with Crippen LogP contribution in [0.5, 0.6) is 0 Å². The lowest BCUT2D eigenvalue weighted by Crippen LogP contribution is -2.54. The zero-order chi connectivity index (χ0) is 48.3. The Morgan fingerprint density at radius 1 is 0.500 bits per heavy atom. The average Bonchev–Trinajstić information content (AvgIpc) is 3.26. The summed E-state index contributed by atoms with van der Waals surface area (Å²) in [5, 5.41) is 0. The van der Waals surface area contributed by atoms with E-state index in [0.717, 1.165) is 12.1 Å². The molecule has 0 aromatic heterocycles. The van der Waals surface area contributed by atoms with E-state index in [4.69, 9.17) is 6.57 Å². The minimum atomic E-state index is -3.81. The van der Waals surface area contributed by atoms with Gasteiger partial charge in [0.1, 0.15) is 0 Å². The molecule has 0 fully saturated rings. The number of nitrogens with zero attached hydrogens (tertiary/aromatic N) is 2. The van der Waals surface area contributed by atoms with Crippen molar-refractivity contribution in [3.63, 3.8) is 0 Å². The predicted molar refractivity (Wildman–Crippen MR) is 215 cm³/mol. The van der Waals surface area contributed by atoms with Crippen LogP contribution < -0.4 is 10.9 Å². The second-order valence-electron chi connectivity index (χ2n) is 15.5. The van der Waals surface area contributed by atoms with E-state index in [9.17, 15) is 13.2 Å². The molecular formula is C45H33B2F15N2. The third-order valence-electron chi connectivity index (χ3n) is 9.43. The molecule has 5 aromatic rings. The second kappa shape index (κ2) is 20.2. The Balaban J connectivity index is 0.00000140. The lowest BCUT2D eigenvalue weighted by Gasteiger charge is -2.37. The van der Waals surface area contributed by atoms with E-state index in [2.05, 4.69) is 16.6 Å². The van der Waals surface area contributed by atoms with Crippen molar-refractivity contribution in [1.29, 1.82) is 0 Å². The van der Waals surface area contributed by atoms with Crippen molar-refractivity contribution in [3.05, 3.63) is 176 Å². The fourth-order valence-corrected chi connectivity index (χ4v) is 6.70. The van der Waals surface area contributed by atoms with Crippen LogP contribution in [0.1, 0.15) is 65.2 Å². The van der Waals surface area contributed by atoms with E-state index < -0.39 is 146 Å². The fraction of sp³-hybridized carbons (Fsp3) is 0.222. The van der Waals surface area contributed by atoms with Crippen molar-refractivity contribution in [2.75, 3.05) is 0 Å². The lowest BCUT2D eigenvalue weighted by atomic mass is 9.31. The van der Waals surface area contributed by atoms with Crippen LogP contribution in [-0.2, 0) is 0 Å². The number of benzene rings is 5. The second-order valence-corrected chi connectivity index (χ2v) is 15.5. The van der Waals surface area contributed by atoms with Crippen LogP contribution in [0.3, 0.4) is 0 Å². The summed E-state index contributed by atoms with van der Waals surface area (Å²) in [5.41, 5.74) is -10.6. The Hall–Kier alpha value is -6.07. The number of hydrogen-bond donors (Lipinski definition) is 0. The molecule has 5 rings (SSSR count). The molecule has 0 bridgehead atoms. The highest BCUT2D eigenvalue weighted by atomic mass is 19.2. The molecule has 2 nitrogen and oxygen atoms in total. The number of rotatable bonds is 9. The van der Waals surface area contributed by atoms with Crippen LogP contribution in [0.25, 0.3) is 15.8 Å². The van der Waals surface area contributed by atoms with Gasteiger partial charge in [-0.05, 0) is 35.3 Å². The summed E-state index contributed by atoms with van der Waals surface area (Å²) >= 11 is 0. The third kappa shape index (κ3) is 10.00. The summed E-state index contributed by atoms with van der Waals surface area (Å²) in [6.07, 6.45) is 0. The first kappa shape index (κ1) is 50.6. The molecular weight excluding hydrogens is 875 g/mol. The van der Waals surface area contributed by atoms with E-state index in [-0.39, 0.29) is 11.1 Å². The first-order chi connectivity index (χ1) is 29.8. The summed E-state index contributed by atoms with van der Waals surface area (Å²) in [6, 6.07) is 11.7. The normalized spacial score (nSPS) is 11.8. The van der Waals surface area contributed by atoms with Crippen LogP contribution in [0.15, 0.2) is 60.7 Å². The molecule has 0 aliphatic heterocycles. The smallest absolute Gasteiger partial charge is 0.323 e. The van der Waals surface area contributed by atoms with Gasteiger partial charge in [0.15, 0.2) is 81.4 Å². The van der Waals surface area contributed by atoms with Gasteiger partial charge in [-0.25, -0.2) is 72.4 Å². The van der Waals surface area contributed by atoms with Gasteiger partial charge in [0.2, 0.25) is 11.4 Å². The van der Waals surface area contributed by atoms with Crippen molar-refractivity contribution in [1.82, 2.24) is 4.81 Å². The van der Waals surface area contributed by atoms with E-state index in [1.54, 1.807) is 6.07 Å². The van der Waals surface area contributed by atoms with Crippen molar-refractivity contribution in [3.8, 4) is 11.7 Å². The molecule has 5 aromatic carbocycles. The van der Waals surface area contributed by atoms with Crippen LogP contribution in [0.2, 0.25) is 0 Å². The van der Waals surface area contributed by atoms with Crippen LogP contribution in [-0.4, -0.2) is 36.0 Å². The molecule has 0 atom stereocenters. The Bertz CT molecular complexity index is 2540. The molecule has 0 radical (unpaired) electrons. The highest BCUT2D eigenvalue weighted by molar-refractivity contribution is 7.04. The zero-order valence-electron chi connectivity index (χ0n) is 34.6. The molecule has 64 heavy (non-hydrogen) atoms. The maximum atomic E-state index is 16.4. The standard InChI is InChI=1S/C40H24B2F15N.C5H9N/c1-17(2)58(18(3)4)41(16-15-19-11-7-5-8-12-19)22(20-13-9-6-10-14-20)23(21-26(43)32(49)38(55)33(50)27(21)44)42(24-28(45)34(51)39(56)35(52)29(24)46)25-30(47)36(53)40(57)37(54)31(25)48;1-5(2,3)6-4/h5-14,17-18H,1-4H3;1-3H3/b23-22+;. The SMILES string of the molecule is CC(C)N(B(C#Cc1ccccc1)/C(=C(/B(c1c(F)c(F)c(F)c(F)c1F)c1c(F)c(F)c(F)c(F)c1F)c1c(F)c(F)c(F)c(F)c1F)c1ccccc1)C(C)C.[C-]#[N+]C(C)(C)C. The topological polar surface area (TPSA) is 7.60 Å². The van der Waals surface area contributed by atoms with Gasteiger partial charge >= 0.3 is 6.85 Å². The fourth-order valence-electron chi connectivity index (χ4n) is 6.70. The predicted octanol–water partition coefficient (Wildman–Crippen LogP) is 11.5. The number of halogens is 15. The van der Waals surface area contributed by atoms with Gasteiger partial charge < -0.3 is 9.66 Å². The first-order valence-corrected chi connectivity index (χ1v) is 18.9. The van der Waals surface area contributed by atoms with Gasteiger partial charge in [-0.15, -0.1) is 5.82 Å². The average molecular weight is 908 g/mol. The Morgan fingerprint density at radius 2 is 0.812 bits per heavy atom. The maximum absolute atomic E-state index is 16.4. The summed E-state index contributed by atoms with van der Waals surface area (Å²) in [5.74, 6) is -38.2. The van der Waals surface area contributed by atoms with E-state index in [1.165, 1.54) is 75.0 Å².